The van der Waals surface area contributed by atoms with Gasteiger partial charge in [-0.05, 0) is 12.8 Å². The fourth-order valence-electron chi connectivity index (χ4n) is 7.81. The summed E-state index contributed by atoms with van der Waals surface area (Å²) in [5, 5.41) is 13.9. The number of phosphoric acid groups is 1. The highest BCUT2D eigenvalue weighted by Gasteiger charge is 2.28. The fraction of sp³-hybridized carbons (Fsp3) is 0.980. The second-order valence-corrected chi connectivity index (χ2v) is 20.4. The van der Waals surface area contributed by atoms with Gasteiger partial charge in [-0.15, -0.1) is 0 Å². The first-order valence-electron chi connectivity index (χ1n) is 25.4. The number of carbonyl (C=O) groups is 1. The van der Waals surface area contributed by atoms with E-state index in [9.17, 15) is 19.4 Å². The predicted octanol–water partition coefficient (Wildman–Crippen LogP) is 14.5. The molecule has 348 valence electrons. The van der Waals surface area contributed by atoms with Crippen LogP contribution >= 0.6 is 7.82 Å². The number of nitrogens with zero attached hydrogens (tertiary/aromatic N) is 1. The summed E-state index contributed by atoms with van der Waals surface area (Å²) in [6.07, 6.45) is 47.3. The van der Waals surface area contributed by atoms with Crippen LogP contribution in [0.5, 0.6) is 0 Å². The Hall–Kier alpha value is -0.500. The van der Waals surface area contributed by atoms with Crippen LogP contribution in [0.15, 0.2) is 0 Å². The van der Waals surface area contributed by atoms with Gasteiger partial charge in [0.05, 0.1) is 39.9 Å². The van der Waals surface area contributed by atoms with Gasteiger partial charge >= 0.3 is 7.82 Å². The Labute approximate surface area is 361 Å². The quantitative estimate of drug-likeness (QED) is 0.0320. The van der Waals surface area contributed by atoms with Gasteiger partial charge in [-0.25, -0.2) is 4.57 Å². The average Bonchev–Trinajstić information content (AvgIpc) is 3.17. The van der Waals surface area contributed by atoms with Crippen LogP contribution in [0.4, 0.5) is 0 Å². The third-order valence-corrected chi connectivity index (χ3v) is 12.8. The maximum absolute atomic E-state index is 12.9. The van der Waals surface area contributed by atoms with Crippen molar-refractivity contribution in [3.05, 3.63) is 0 Å². The molecule has 0 rings (SSSR count). The highest BCUT2D eigenvalue weighted by atomic mass is 31.2. The maximum Gasteiger partial charge on any atom is 0.472 e. The van der Waals surface area contributed by atoms with Crippen molar-refractivity contribution >= 4 is 13.7 Å². The summed E-state index contributed by atoms with van der Waals surface area (Å²) in [6, 6.07) is -0.752. The summed E-state index contributed by atoms with van der Waals surface area (Å²) in [5.41, 5.74) is 0. The van der Waals surface area contributed by atoms with Gasteiger partial charge in [-0.1, -0.05) is 239 Å². The van der Waals surface area contributed by atoms with E-state index in [0.29, 0.717) is 23.9 Å². The van der Waals surface area contributed by atoms with E-state index in [1.807, 2.05) is 21.1 Å². The largest absolute Gasteiger partial charge is 0.472 e. The smallest absolute Gasteiger partial charge is 0.391 e. The lowest BCUT2D eigenvalue weighted by molar-refractivity contribution is -0.870. The van der Waals surface area contributed by atoms with Crippen LogP contribution in [0, 0.1) is 0 Å². The summed E-state index contributed by atoms with van der Waals surface area (Å²) in [5.74, 6) is -0.140. The van der Waals surface area contributed by atoms with Gasteiger partial charge in [-0.3, -0.25) is 13.8 Å². The summed E-state index contributed by atoms with van der Waals surface area (Å²) < 4.78 is 23.6. The Bertz CT molecular complexity index is 916. The van der Waals surface area contributed by atoms with Crippen molar-refractivity contribution < 1.29 is 32.9 Å². The first kappa shape index (κ1) is 57.5. The number of phosphoric ester groups is 1. The van der Waals surface area contributed by atoms with E-state index in [4.69, 9.17) is 9.05 Å². The van der Waals surface area contributed by atoms with E-state index in [-0.39, 0.29) is 19.1 Å². The van der Waals surface area contributed by atoms with Gasteiger partial charge in [-0.2, -0.15) is 0 Å². The minimum Gasteiger partial charge on any atom is -0.391 e. The molecule has 0 radical (unpaired) electrons. The molecule has 1 amide bonds. The molecule has 3 atom stereocenters. The molecule has 0 aromatic rings. The zero-order valence-corrected chi connectivity index (χ0v) is 40.5. The predicted molar refractivity (Wildman–Crippen MR) is 249 cm³/mol. The van der Waals surface area contributed by atoms with E-state index in [1.165, 1.54) is 193 Å². The number of aliphatic hydroxyl groups is 1. The highest BCUT2D eigenvalue weighted by molar-refractivity contribution is 7.47. The molecule has 9 heteroatoms. The molecular weight excluding hydrogens is 744 g/mol. The van der Waals surface area contributed by atoms with E-state index < -0.39 is 20.0 Å². The minimum atomic E-state index is -4.31. The molecule has 0 fully saturated rings. The lowest BCUT2D eigenvalue weighted by Crippen LogP contribution is -2.46. The molecule has 0 aliphatic carbocycles. The number of rotatable bonds is 47. The van der Waals surface area contributed by atoms with Crippen molar-refractivity contribution in [2.75, 3.05) is 40.9 Å². The van der Waals surface area contributed by atoms with Crippen molar-refractivity contribution in [1.82, 2.24) is 5.32 Å². The first-order chi connectivity index (χ1) is 28.0. The molecule has 3 unspecified atom stereocenters. The molecule has 0 heterocycles. The van der Waals surface area contributed by atoms with Crippen LogP contribution in [-0.2, 0) is 18.4 Å². The zero-order chi connectivity index (χ0) is 42.8. The third-order valence-electron chi connectivity index (χ3n) is 11.9. The number of hydrogen-bond donors (Lipinski definition) is 3. The molecule has 58 heavy (non-hydrogen) atoms. The SMILES string of the molecule is CCCCCCCCCCCCCCCCCCCCCCCCCCCCC(=O)NC(COP(=O)(O)OCC[N+](C)(C)C)C(O)CCCCCCCCCCCC. The molecule has 0 aliphatic heterocycles. The van der Waals surface area contributed by atoms with Gasteiger partial charge in [0.1, 0.15) is 13.2 Å². The summed E-state index contributed by atoms with van der Waals surface area (Å²) in [7, 11) is 1.63. The van der Waals surface area contributed by atoms with Crippen LogP contribution in [0.25, 0.3) is 0 Å². The Morgan fingerprint density at radius 3 is 1.16 bits per heavy atom. The van der Waals surface area contributed by atoms with Gasteiger partial charge in [0.2, 0.25) is 5.91 Å². The fourth-order valence-corrected chi connectivity index (χ4v) is 8.55. The second kappa shape index (κ2) is 41.8. The normalized spacial score (nSPS) is 14.1. The van der Waals surface area contributed by atoms with Gasteiger partial charge < -0.3 is 19.8 Å². The van der Waals surface area contributed by atoms with Crippen LogP contribution in [0.3, 0.4) is 0 Å². The summed E-state index contributed by atoms with van der Waals surface area (Å²) in [6.45, 7) is 4.90. The van der Waals surface area contributed by atoms with Crippen molar-refractivity contribution in [2.24, 2.45) is 0 Å². The number of unbranched alkanes of at least 4 members (excludes halogenated alkanes) is 34. The number of hydrogen-bond acceptors (Lipinski definition) is 5. The minimum absolute atomic E-state index is 0.0784. The molecule has 0 saturated carbocycles. The Kier molecular flexibility index (Phi) is 41.5. The van der Waals surface area contributed by atoms with Gasteiger partial charge in [0, 0.05) is 6.42 Å². The molecule has 0 aromatic carbocycles. The monoisotopic (exact) mass is 846 g/mol. The van der Waals surface area contributed by atoms with Crippen molar-refractivity contribution in [3.63, 3.8) is 0 Å². The highest BCUT2D eigenvalue weighted by Crippen LogP contribution is 2.43. The molecule has 0 saturated heterocycles. The second-order valence-electron chi connectivity index (χ2n) is 18.9. The first-order valence-corrected chi connectivity index (χ1v) is 26.9. The van der Waals surface area contributed by atoms with Crippen LogP contribution < -0.4 is 5.32 Å². The van der Waals surface area contributed by atoms with Crippen molar-refractivity contribution in [1.29, 1.82) is 0 Å². The summed E-state index contributed by atoms with van der Waals surface area (Å²) >= 11 is 0. The molecule has 8 nitrogen and oxygen atoms in total. The van der Waals surface area contributed by atoms with E-state index in [0.717, 1.165) is 38.5 Å². The number of carbonyl (C=O) groups excluding carboxylic acids is 1. The molecule has 0 aliphatic rings. The van der Waals surface area contributed by atoms with Crippen LogP contribution in [-0.4, -0.2) is 73.4 Å². The average molecular weight is 846 g/mol. The van der Waals surface area contributed by atoms with Crippen LogP contribution in [0.1, 0.15) is 258 Å². The topological polar surface area (TPSA) is 105 Å². The Morgan fingerprint density at radius 2 is 0.828 bits per heavy atom. The number of nitrogens with one attached hydrogen (secondary N) is 1. The number of quaternary nitrogens is 1. The van der Waals surface area contributed by atoms with E-state index >= 15 is 0 Å². The van der Waals surface area contributed by atoms with E-state index in [2.05, 4.69) is 19.2 Å². The van der Waals surface area contributed by atoms with Gasteiger partial charge in [0.25, 0.3) is 0 Å². The molecule has 0 aromatic heterocycles. The van der Waals surface area contributed by atoms with E-state index in [1.54, 1.807) is 0 Å². The zero-order valence-electron chi connectivity index (χ0n) is 39.6. The number of likely N-dealkylation sites (N-methyl/N-ethyl adjacent to an activating group) is 1. The Balaban J connectivity index is 4.03. The Morgan fingerprint density at radius 1 is 0.517 bits per heavy atom. The molecule has 3 N–H and O–H groups in total. The molecule has 0 bridgehead atoms. The van der Waals surface area contributed by atoms with Crippen molar-refractivity contribution in [2.45, 2.75) is 270 Å². The third kappa shape index (κ3) is 43.6. The van der Waals surface area contributed by atoms with Crippen LogP contribution in [0.2, 0.25) is 0 Å². The van der Waals surface area contributed by atoms with Crippen molar-refractivity contribution in [3.8, 4) is 0 Å². The molecular formula is C49H102N2O6P+. The lowest BCUT2D eigenvalue weighted by Gasteiger charge is -2.26. The lowest BCUT2D eigenvalue weighted by atomic mass is 10.0. The molecule has 0 spiro atoms. The number of aliphatic hydroxyl groups excluding tert-OH is 1. The number of amides is 1. The maximum atomic E-state index is 12.9. The standard InChI is InChI=1S/C49H101N2O6P/c1-6-8-10-12-14-16-18-19-20-21-22-23-24-25-26-27-28-29-30-31-32-33-35-37-39-41-43-49(53)50-47(46-57-58(54,55)56-45-44-51(3,4)5)48(52)42-40-38-36-34-17-15-13-11-9-7-2/h47-48,52H,6-46H2,1-5H3,(H-,50,53,54,55)/p+1. The van der Waals surface area contributed by atoms with Gasteiger partial charge in [0.15, 0.2) is 0 Å². The summed E-state index contributed by atoms with van der Waals surface area (Å²) in [4.78, 5) is 23.2.